The summed E-state index contributed by atoms with van der Waals surface area (Å²) in [6, 6.07) is 15.3. The third-order valence-electron chi connectivity index (χ3n) is 3.30. The largest absolute Gasteiger partial charge is 0.396 e. The van der Waals surface area contributed by atoms with E-state index in [0.29, 0.717) is 12.0 Å². The second-order valence-electron chi connectivity index (χ2n) is 4.96. The zero-order valence-corrected chi connectivity index (χ0v) is 13.5. The molecule has 22 heavy (non-hydrogen) atoms. The molecule has 2 aromatic rings. The molecule has 0 spiro atoms. The predicted octanol–water partition coefficient (Wildman–Crippen LogP) is 3.73. The molecule has 2 aromatic carbocycles. The first-order valence-corrected chi connectivity index (χ1v) is 8.56. The normalized spacial score (nSPS) is 10.5. The summed E-state index contributed by atoms with van der Waals surface area (Å²) in [5.74, 6) is 1.96. The molecule has 0 fully saturated rings. The number of aliphatic hydroxyl groups is 1. The smallest absolute Gasteiger partial charge is 0.255 e. The highest BCUT2D eigenvalue weighted by molar-refractivity contribution is 7.98. The number of carbonyl (C=O) groups is 1. The van der Waals surface area contributed by atoms with E-state index in [0.717, 1.165) is 22.8 Å². The molecule has 0 aliphatic carbocycles. The molecule has 0 unspecified atom stereocenters. The van der Waals surface area contributed by atoms with E-state index in [-0.39, 0.29) is 12.5 Å². The molecule has 0 aliphatic rings. The summed E-state index contributed by atoms with van der Waals surface area (Å²) < 4.78 is 0. The van der Waals surface area contributed by atoms with Crippen molar-refractivity contribution in [3.8, 4) is 0 Å². The summed E-state index contributed by atoms with van der Waals surface area (Å²) in [5.41, 5.74) is 3.71. The predicted molar refractivity (Wildman–Crippen MR) is 93.5 cm³/mol. The van der Waals surface area contributed by atoms with Gasteiger partial charge < -0.3 is 10.4 Å². The van der Waals surface area contributed by atoms with Crippen LogP contribution in [0.5, 0.6) is 0 Å². The van der Waals surface area contributed by atoms with Crippen molar-refractivity contribution in [1.29, 1.82) is 0 Å². The summed E-state index contributed by atoms with van der Waals surface area (Å²) in [6.07, 6.45) is 0.630. The molecule has 0 radical (unpaired) electrons. The lowest BCUT2D eigenvalue weighted by atomic mass is 10.1. The van der Waals surface area contributed by atoms with Crippen molar-refractivity contribution in [3.05, 3.63) is 65.2 Å². The van der Waals surface area contributed by atoms with Gasteiger partial charge in [0.05, 0.1) is 0 Å². The number of hydrogen-bond acceptors (Lipinski definition) is 3. The number of carbonyl (C=O) groups excluding carboxylic acids is 1. The number of nitrogens with one attached hydrogen (secondary N) is 1. The Hall–Kier alpha value is -1.78. The second-order valence-corrected chi connectivity index (χ2v) is 6.23. The van der Waals surface area contributed by atoms with Crippen LogP contribution >= 0.6 is 11.8 Å². The SMILES string of the molecule is CCSCc1ccc(C(=O)Nc2ccc(CCO)cc2)cc1. The Kier molecular flexibility index (Phi) is 6.49. The molecule has 0 saturated heterocycles. The van der Waals surface area contributed by atoms with Crippen molar-refractivity contribution in [1.82, 2.24) is 0 Å². The van der Waals surface area contributed by atoms with Crippen molar-refractivity contribution in [2.24, 2.45) is 0 Å². The Morgan fingerprint density at radius 1 is 1.05 bits per heavy atom. The quantitative estimate of drug-likeness (QED) is 0.818. The topological polar surface area (TPSA) is 49.3 Å². The fourth-order valence-corrected chi connectivity index (χ4v) is 2.69. The lowest BCUT2D eigenvalue weighted by Crippen LogP contribution is -2.11. The number of aliphatic hydroxyl groups excluding tert-OH is 1. The maximum atomic E-state index is 12.2. The fraction of sp³-hybridized carbons (Fsp3) is 0.278. The second kappa shape index (κ2) is 8.61. The van der Waals surface area contributed by atoms with Crippen molar-refractivity contribution >= 4 is 23.4 Å². The Labute approximate surface area is 135 Å². The van der Waals surface area contributed by atoms with Crippen LogP contribution in [-0.2, 0) is 12.2 Å². The molecule has 2 N–H and O–H groups in total. The highest BCUT2D eigenvalue weighted by Gasteiger charge is 2.06. The van der Waals surface area contributed by atoms with E-state index in [1.54, 1.807) is 0 Å². The van der Waals surface area contributed by atoms with Crippen LogP contribution in [0.4, 0.5) is 5.69 Å². The molecular formula is C18H21NO2S. The van der Waals surface area contributed by atoms with Crippen molar-refractivity contribution in [3.63, 3.8) is 0 Å². The van der Waals surface area contributed by atoms with Gasteiger partial charge in [-0.15, -0.1) is 0 Å². The van der Waals surface area contributed by atoms with E-state index in [4.69, 9.17) is 5.11 Å². The molecule has 0 saturated carbocycles. The molecule has 3 nitrogen and oxygen atoms in total. The van der Waals surface area contributed by atoms with E-state index in [1.165, 1.54) is 5.56 Å². The van der Waals surface area contributed by atoms with Crippen LogP contribution in [0.15, 0.2) is 48.5 Å². The minimum Gasteiger partial charge on any atom is -0.396 e. The number of thioether (sulfide) groups is 1. The molecule has 0 atom stereocenters. The summed E-state index contributed by atoms with van der Waals surface area (Å²) in [5, 5.41) is 11.8. The average Bonchev–Trinajstić information content (AvgIpc) is 2.55. The highest BCUT2D eigenvalue weighted by atomic mass is 32.2. The van der Waals surface area contributed by atoms with E-state index in [1.807, 2.05) is 60.3 Å². The minimum atomic E-state index is -0.107. The van der Waals surface area contributed by atoms with Gasteiger partial charge in [0.25, 0.3) is 5.91 Å². The summed E-state index contributed by atoms with van der Waals surface area (Å²) in [7, 11) is 0. The van der Waals surface area contributed by atoms with Crippen LogP contribution in [-0.4, -0.2) is 23.4 Å². The zero-order chi connectivity index (χ0) is 15.8. The number of rotatable bonds is 7. The molecule has 2 rings (SSSR count). The Morgan fingerprint density at radius 2 is 1.68 bits per heavy atom. The molecule has 0 aliphatic heterocycles. The Bertz CT molecular complexity index is 593. The number of benzene rings is 2. The molecular weight excluding hydrogens is 294 g/mol. The van der Waals surface area contributed by atoms with Crippen LogP contribution < -0.4 is 5.32 Å². The maximum Gasteiger partial charge on any atom is 0.255 e. The van der Waals surface area contributed by atoms with Gasteiger partial charge in [-0.05, 0) is 47.6 Å². The highest BCUT2D eigenvalue weighted by Crippen LogP contribution is 2.15. The molecule has 0 aromatic heterocycles. The van der Waals surface area contributed by atoms with Gasteiger partial charge in [0.15, 0.2) is 0 Å². The van der Waals surface area contributed by atoms with Gasteiger partial charge in [0, 0.05) is 23.6 Å². The van der Waals surface area contributed by atoms with Gasteiger partial charge in [0.1, 0.15) is 0 Å². The van der Waals surface area contributed by atoms with Gasteiger partial charge in [-0.3, -0.25) is 4.79 Å². The van der Waals surface area contributed by atoms with Crippen LogP contribution in [0.1, 0.15) is 28.4 Å². The fourth-order valence-electron chi connectivity index (χ4n) is 2.06. The standard InChI is InChI=1S/C18H21NO2S/c1-2-22-13-15-3-7-16(8-4-15)18(21)19-17-9-5-14(6-10-17)11-12-20/h3-10,20H,2,11-13H2,1H3,(H,19,21). The van der Waals surface area contributed by atoms with Gasteiger partial charge in [-0.1, -0.05) is 31.2 Å². The van der Waals surface area contributed by atoms with Gasteiger partial charge in [-0.25, -0.2) is 0 Å². The summed E-state index contributed by atoms with van der Waals surface area (Å²) in [6.45, 7) is 2.27. The van der Waals surface area contributed by atoms with E-state index < -0.39 is 0 Å². The van der Waals surface area contributed by atoms with Crippen molar-refractivity contribution in [2.45, 2.75) is 19.1 Å². The van der Waals surface area contributed by atoms with Crippen molar-refractivity contribution < 1.29 is 9.90 Å². The first kappa shape index (κ1) is 16.6. The first-order chi connectivity index (χ1) is 10.7. The first-order valence-electron chi connectivity index (χ1n) is 7.40. The van der Waals surface area contributed by atoms with Gasteiger partial charge in [-0.2, -0.15) is 11.8 Å². The third-order valence-corrected chi connectivity index (χ3v) is 4.25. The molecule has 0 bridgehead atoms. The Morgan fingerprint density at radius 3 is 2.27 bits per heavy atom. The molecule has 0 heterocycles. The molecule has 116 valence electrons. The zero-order valence-electron chi connectivity index (χ0n) is 12.7. The molecule has 4 heteroatoms. The third kappa shape index (κ3) is 4.90. The lowest BCUT2D eigenvalue weighted by molar-refractivity contribution is 0.102. The average molecular weight is 315 g/mol. The summed E-state index contributed by atoms with van der Waals surface area (Å²) in [4.78, 5) is 12.2. The lowest BCUT2D eigenvalue weighted by Gasteiger charge is -2.07. The van der Waals surface area contributed by atoms with Crippen LogP contribution in [0.2, 0.25) is 0 Å². The van der Waals surface area contributed by atoms with E-state index in [9.17, 15) is 4.79 Å². The van der Waals surface area contributed by atoms with Crippen LogP contribution in [0.3, 0.4) is 0 Å². The Balaban J connectivity index is 1.96. The van der Waals surface area contributed by atoms with Crippen LogP contribution in [0, 0.1) is 0 Å². The van der Waals surface area contributed by atoms with Gasteiger partial charge >= 0.3 is 0 Å². The number of hydrogen-bond donors (Lipinski definition) is 2. The number of amides is 1. The van der Waals surface area contributed by atoms with Gasteiger partial charge in [0.2, 0.25) is 0 Å². The van der Waals surface area contributed by atoms with E-state index in [2.05, 4.69) is 12.2 Å². The van der Waals surface area contributed by atoms with Crippen LogP contribution in [0.25, 0.3) is 0 Å². The monoisotopic (exact) mass is 315 g/mol. The van der Waals surface area contributed by atoms with E-state index >= 15 is 0 Å². The maximum absolute atomic E-state index is 12.2. The van der Waals surface area contributed by atoms with Crippen molar-refractivity contribution in [2.75, 3.05) is 17.7 Å². The number of anilines is 1. The summed E-state index contributed by atoms with van der Waals surface area (Å²) >= 11 is 1.86. The molecule has 1 amide bonds. The minimum absolute atomic E-state index is 0.107.